The summed E-state index contributed by atoms with van der Waals surface area (Å²) in [7, 11) is 3.70. The molecular weight excluding hydrogens is 394 g/mol. The summed E-state index contributed by atoms with van der Waals surface area (Å²) < 4.78 is 3.50. The van der Waals surface area contributed by atoms with Gasteiger partial charge in [0.15, 0.2) is 0 Å². The van der Waals surface area contributed by atoms with Crippen LogP contribution in [0.3, 0.4) is 0 Å². The summed E-state index contributed by atoms with van der Waals surface area (Å²) in [6.45, 7) is 2.02. The molecule has 160 valence electrons. The third-order valence-electron chi connectivity index (χ3n) is 6.48. The van der Waals surface area contributed by atoms with Gasteiger partial charge in [-0.3, -0.25) is 19.3 Å². The van der Waals surface area contributed by atoms with E-state index in [-0.39, 0.29) is 17.7 Å². The van der Waals surface area contributed by atoms with Crippen molar-refractivity contribution in [2.45, 2.75) is 18.9 Å². The Kier molecular flexibility index (Phi) is 4.60. The molecule has 2 atom stereocenters. The molecule has 2 saturated heterocycles. The summed E-state index contributed by atoms with van der Waals surface area (Å²) in [6, 6.07) is 5.58. The van der Waals surface area contributed by atoms with E-state index >= 15 is 0 Å². The van der Waals surface area contributed by atoms with Crippen LogP contribution < -0.4 is 0 Å². The largest absolute Gasteiger partial charge is 0.340 e. The summed E-state index contributed by atoms with van der Waals surface area (Å²) in [5.41, 5.74) is 1.59. The van der Waals surface area contributed by atoms with Crippen molar-refractivity contribution in [2.75, 3.05) is 19.6 Å². The Balaban J connectivity index is 1.45. The number of carbonyl (C=O) groups excluding carboxylic acids is 2. The third-order valence-corrected chi connectivity index (χ3v) is 6.48. The lowest BCUT2D eigenvalue weighted by molar-refractivity contribution is -0.136. The lowest BCUT2D eigenvalue weighted by Gasteiger charge is -2.27. The molecule has 0 unspecified atom stereocenters. The van der Waals surface area contributed by atoms with Gasteiger partial charge < -0.3 is 14.4 Å². The van der Waals surface area contributed by atoms with Gasteiger partial charge in [-0.15, -0.1) is 0 Å². The van der Waals surface area contributed by atoms with Crippen LogP contribution in [-0.2, 0) is 25.4 Å². The minimum absolute atomic E-state index is 0.0864. The zero-order valence-electron chi connectivity index (χ0n) is 17.7. The first-order chi connectivity index (χ1) is 15.0. The van der Waals surface area contributed by atoms with Gasteiger partial charge in [-0.1, -0.05) is 6.07 Å². The van der Waals surface area contributed by atoms with Gasteiger partial charge in [-0.05, 0) is 24.1 Å². The minimum atomic E-state index is -0.666. The molecule has 2 amide bonds. The Hall–Kier alpha value is -3.49. The number of carbonyl (C=O) groups is 2. The quantitative estimate of drug-likeness (QED) is 0.634. The number of hydrogen-bond acceptors (Lipinski definition) is 5. The molecule has 2 aliphatic heterocycles. The first-order valence-corrected chi connectivity index (χ1v) is 10.4. The Morgan fingerprint density at radius 1 is 1.29 bits per heavy atom. The molecule has 3 aromatic rings. The van der Waals surface area contributed by atoms with Crippen LogP contribution in [-0.4, -0.2) is 65.6 Å². The second-order valence-electron chi connectivity index (χ2n) is 8.57. The minimum Gasteiger partial charge on any atom is -0.340 e. The van der Waals surface area contributed by atoms with Crippen molar-refractivity contribution in [3.05, 3.63) is 66.3 Å². The van der Waals surface area contributed by atoms with Gasteiger partial charge in [0, 0.05) is 71.0 Å². The van der Waals surface area contributed by atoms with Crippen LogP contribution in [0.2, 0.25) is 0 Å². The van der Waals surface area contributed by atoms with E-state index in [9.17, 15) is 9.59 Å². The standard InChI is InChI=1S/C22H25N7O2/c1-26-13-19(24-15-26)17-12-29(20(30)18-5-8-27(2)25-18)14-22(17)6-9-28(21(22)31)11-16-4-3-7-23-10-16/h3-5,7-8,10,13,15,17H,6,9,11-12,14H2,1-2H3/t17-,22-/m0/s1. The number of aromatic nitrogens is 5. The highest BCUT2D eigenvalue weighted by molar-refractivity contribution is 5.94. The molecule has 5 heterocycles. The number of imidazole rings is 1. The van der Waals surface area contributed by atoms with Crippen molar-refractivity contribution < 1.29 is 9.59 Å². The topological polar surface area (TPSA) is 89.2 Å². The number of likely N-dealkylation sites (tertiary alicyclic amines) is 2. The van der Waals surface area contributed by atoms with E-state index in [2.05, 4.69) is 15.1 Å². The van der Waals surface area contributed by atoms with Crippen molar-refractivity contribution in [3.8, 4) is 0 Å². The average Bonchev–Trinajstić information content (AvgIpc) is 3.54. The van der Waals surface area contributed by atoms with Crippen LogP contribution in [0, 0.1) is 5.41 Å². The van der Waals surface area contributed by atoms with Crippen LogP contribution >= 0.6 is 0 Å². The predicted octanol–water partition coefficient (Wildman–Crippen LogP) is 1.21. The molecule has 0 radical (unpaired) electrons. The van der Waals surface area contributed by atoms with Crippen molar-refractivity contribution >= 4 is 11.8 Å². The van der Waals surface area contributed by atoms with E-state index in [1.54, 1.807) is 47.6 Å². The number of rotatable bonds is 4. The molecule has 1 spiro atoms. The summed E-state index contributed by atoms with van der Waals surface area (Å²) in [5, 5.41) is 4.27. The summed E-state index contributed by atoms with van der Waals surface area (Å²) >= 11 is 0. The van der Waals surface area contributed by atoms with Crippen LogP contribution in [0.5, 0.6) is 0 Å². The molecule has 0 saturated carbocycles. The maximum Gasteiger partial charge on any atom is 0.274 e. The van der Waals surface area contributed by atoms with Gasteiger partial charge in [0.2, 0.25) is 5.91 Å². The lowest BCUT2D eigenvalue weighted by atomic mass is 9.75. The molecule has 9 heteroatoms. The van der Waals surface area contributed by atoms with Gasteiger partial charge in [0.25, 0.3) is 5.91 Å². The zero-order chi connectivity index (χ0) is 21.6. The van der Waals surface area contributed by atoms with Crippen LogP contribution in [0.15, 0.2) is 49.3 Å². The molecule has 9 nitrogen and oxygen atoms in total. The van der Waals surface area contributed by atoms with E-state index in [4.69, 9.17) is 0 Å². The molecule has 2 fully saturated rings. The smallest absolute Gasteiger partial charge is 0.274 e. The second kappa shape index (κ2) is 7.33. The fourth-order valence-electron chi connectivity index (χ4n) is 4.94. The van der Waals surface area contributed by atoms with Gasteiger partial charge in [-0.25, -0.2) is 4.98 Å². The predicted molar refractivity (Wildman–Crippen MR) is 112 cm³/mol. The zero-order valence-corrected chi connectivity index (χ0v) is 17.7. The van der Waals surface area contributed by atoms with Crippen molar-refractivity contribution in [2.24, 2.45) is 19.5 Å². The Morgan fingerprint density at radius 3 is 2.84 bits per heavy atom. The second-order valence-corrected chi connectivity index (χ2v) is 8.57. The maximum atomic E-state index is 13.7. The summed E-state index contributed by atoms with van der Waals surface area (Å²) in [5.74, 6) is -0.201. The first-order valence-electron chi connectivity index (χ1n) is 10.4. The molecule has 5 rings (SSSR count). The summed E-state index contributed by atoms with van der Waals surface area (Å²) in [6.07, 6.45) is 9.67. The van der Waals surface area contributed by atoms with Crippen LogP contribution in [0.1, 0.15) is 34.1 Å². The lowest BCUT2D eigenvalue weighted by Crippen LogP contribution is -2.40. The van der Waals surface area contributed by atoms with Gasteiger partial charge in [0.05, 0.1) is 17.4 Å². The molecule has 0 N–H and O–H groups in total. The molecule has 31 heavy (non-hydrogen) atoms. The van der Waals surface area contributed by atoms with Gasteiger partial charge in [-0.2, -0.15) is 5.10 Å². The number of nitrogens with zero attached hydrogens (tertiary/aromatic N) is 7. The van der Waals surface area contributed by atoms with E-state index in [0.29, 0.717) is 38.3 Å². The van der Waals surface area contributed by atoms with E-state index in [0.717, 1.165) is 11.3 Å². The fourth-order valence-corrected chi connectivity index (χ4v) is 4.94. The van der Waals surface area contributed by atoms with Crippen molar-refractivity contribution in [1.82, 2.24) is 34.1 Å². The Bertz CT molecular complexity index is 1120. The first kappa shape index (κ1) is 19.5. The van der Waals surface area contributed by atoms with E-state index in [1.165, 1.54) is 0 Å². The maximum absolute atomic E-state index is 13.7. The van der Waals surface area contributed by atoms with E-state index < -0.39 is 5.41 Å². The normalized spacial score (nSPS) is 23.3. The monoisotopic (exact) mass is 419 g/mol. The van der Waals surface area contributed by atoms with Crippen LogP contribution in [0.25, 0.3) is 0 Å². The molecule has 0 aliphatic carbocycles. The number of aryl methyl sites for hydroxylation is 2. The molecule has 2 aliphatic rings. The van der Waals surface area contributed by atoms with Crippen molar-refractivity contribution in [3.63, 3.8) is 0 Å². The highest BCUT2D eigenvalue weighted by Crippen LogP contribution is 2.50. The summed E-state index contributed by atoms with van der Waals surface area (Å²) in [4.78, 5) is 39.3. The number of hydrogen-bond donors (Lipinski definition) is 0. The number of amides is 2. The Labute approximate surface area is 180 Å². The van der Waals surface area contributed by atoms with Gasteiger partial charge >= 0.3 is 0 Å². The SMILES string of the molecule is Cn1cnc([C@@H]2CN(C(=O)c3ccn(C)n3)C[C@@]23CCN(Cc2cccnc2)C3=O)c1. The highest BCUT2D eigenvalue weighted by Gasteiger charge is 2.58. The molecular formula is C22H25N7O2. The molecule has 0 bridgehead atoms. The third kappa shape index (κ3) is 3.30. The molecule has 3 aromatic heterocycles. The Morgan fingerprint density at radius 2 is 2.16 bits per heavy atom. The van der Waals surface area contributed by atoms with Crippen LogP contribution in [0.4, 0.5) is 0 Å². The number of pyridine rings is 1. The molecule has 0 aromatic carbocycles. The fraction of sp³-hybridized carbons (Fsp3) is 0.409. The average molecular weight is 419 g/mol. The highest BCUT2D eigenvalue weighted by atomic mass is 16.2. The van der Waals surface area contributed by atoms with Crippen molar-refractivity contribution in [1.29, 1.82) is 0 Å². The van der Waals surface area contributed by atoms with Gasteiger partial charge in [0.1, 0.15) is 5.69 Å². The van der Waals surface area contributed by atoms with E-state index in [1.807, 2.05) is 34.8 Å².